The molecule has 0 unspecified atom stereocenters. The third-order valence-corrected chi connectivity index (χ3v) is 8.05. The zero-order valence-corrected chi connectivity index (χ0v) is 22.6. The summed E-state index contributed by atoms with van der Waals surface area (Å²) in [7, 11) is 0. The van der Waals surface area contributed by atoms with Gasteiger partial charge in [0.05, 0.1) is 5.69 Å². The highest BCUT2D eigenvalue weighted by molar-refractivity contribution is 9.10. The average molecular weight is 552 g/mol. The molecule has 7 nitrogen and oxygen atoms in total. The Balaban J connectivity index is 1.42. The Morgan fingerprint density at radius 3 is 2.69 bits per heavy atom. The maximum absolute atomic E-state index is 12.5. The summed E-state index contributed by atoms with van der Waals surface area (Å²) in [5.41, 5.74) is 1.92. The molecule has 1 amide bonds. The first kappa shape index (κ1) is 24.9. The van der Waals surface area contributed by atoms with E-state index >= 15 is 0 Å². The number of nitrogens with zero attached hydrogens (tertiary/aromatic N) is 4. The van der Waals surface area contributed by atoms with Crippen LogP contribution in [-0.2, 0) is 4.79 Å². The number of amides is 1. The Morgan fingerprint density at radius 2 is 1.92 bits per heavy atom. The van der Waals surface area contributed by atoms with Gasteiger partial charge in [-0.05, 0) is 66.2 Å². The van der Waals surface area contributed by atoms with Crippen LogP contribution in [0.15, 0.2) is 41.3 Å². The van der Waals surface area contributed by atoms with Crippen molar-refractivity contribution < 1.29 is 4.79 Å². The maximum atomic E-state index is 12.5. The van der Waals surface area contributed by atoms with Crippen LogP contribution in [0, 0.1) is 5.92 Å². The molecule has 0 aromatic carbocycles. The summed E-state index contributed by atoms with van der Waals surface area (Å²) in [6.45, 7) is 4.45. The molecular formula is C28H35BrN6O. The Morgan fingerprint density at radius 1 is 1.11 bits per heavy atom. The van der Waals surface area contributed by atoms with E-state index in [1.807, 2.05) is 24.7 Å². The van der Waals surface area contributed by atoms with E-state index in [1.54, 1.807) is 0 Å². The highest BCUT2D eigenvalue weighted by atomic mass is 79.9. The molecule has 0 radical (unpaired) electrons. The number of aromatic nitrogens is 3. The van der Waals surface area contributed by atoms with E-state index in [4.69, 9.17) is 4.98 Å². The van der Waals surface area contributed by atoms with Crippen LogP contribution < -0.4 is 15.5 Å². The molecule has 2 aliphatic rings. The standard InChI is InChI=1S/C28H35BrN6O/c1-2-11-31-28(36)19-9-13-35(14-10-19)27-22-8-12-30-17-20(22)15-25(34-27)23-16-26(32-18-24(23)29)33-21-6-4-3-5-7-21/h8,12,15-19,21H,2-7,9-11,13-14H2,1H3,(H,31,36)(H,32,33). The second-order valence-corrected chi connectivity index (χ2v) is 10.9. The van der Waals surface area contributed by atoms with Gasteiger partial charge in [0.25, 0.3) is 0 Å². The van der Waals surface area contributed by atoms with Gasteiger partial charge in [-0.25, -0.2) is 9.97 Å². The molecule has 1 aliphatic carbocycles. The predicted octanol–water partition coefficient (Wildman–Crippen LogP) is 5.94. The first-order valence-corrected chi connectivity index (χ1v) is 14.1. The lowest BCUT2D eigenvalue weighted by Crippen LogP contribution is -2.41. The smallest absolute Gasteiger partial charge is 0.223 e. The molecule has 1 aliphatic heterocycles. The van der Waals surface area contributed by atoms with Crippen molar-refractivity contribution in [2.24, 2.45) is 5.92 Å². The van der Waals surface area contributed by atoms with E-state index < -0.39 is 0 Å². The molecule has 4 heterocycles. The summed E-state index contributed by atoms with van der Waals surface area (Å²) < 4.78 is 0.921. The van der Waals surface area contributed by atoms with Gasteiger partial charge in [-0.2, -0.15) is 0 Å². The summed E-state index contributed by atoms with van der Waals surface area (Å²) in [6.07, 6.45) is 14.5. The fraction of sp³-hybridized carbons (Fsp3) is 0.500. The van der Waals surface area contributed by atoms with E-state index in [0.29, 0.717) is 6.04 Å². The number of pyridine rings is 3. The number of carbonyl (C=O) groups excluding carboxylic acids is 1. The van der Waals surface area contributed by atoms with Gasteiger partial charge in [0.2, 0.25) is 5.91 Å². The zero-order chi connectivity index (χ0) is 24.9. The monoisotopic (exact) mass is 550 g/mol. The van der Waals surface area contributed by atoms with Crippen LogP contribution in [0.1, 0.15) is 58.3 Å². The van der Waals surface area contributed by atoms with E-state index in [-0.39, 0.29) is 11.8 Å². The largest absolute Gasteiger partial charge is 0.367 e. The molecular weight excluding hydrogens is 516 g/mol. The van der Waals surface area contributed by atoms with Gasteiger partial charge < -0.3 is 15.5 Å². The second-order valence-electron chi connectivity index (χ2n) is 10.0. The zero-order valence-electron chi connectivity index (χ0n) is 21.0. The van der Waals surface area contributed by atoms with Crippen molar-refractivity contribution in [3.05, 3.63) is 41.3 Å². The lowest BCUT2D eigenvalue weighted by Gasteiger charge is -2.33. The first-order valence-electron chi connectivity index (χ1n) is 13.3. The molecule has 3 aromatic rings. The summed E-state index contributed by atoms with van der Waals surface area (Å²) in [4.78, 5) is 29.0. The van der Waals surface area contributed by atoms with Crippen LogP contribution in [0.4, 0.5) is 11.6 Å². The van der Waals surface area contributed by atoms with Crippen LogP contribution in [0.2, 0.25) is 0 Å². The Hall–Kier alpha value is -2.74. The van der Waals surface area contributed by atoms with E-state index in [9.17, 15) is 4.79 Å². The van der Waals surface area contributed by atoms with Crippen molar-refractivity contribution in [2.75, 3.05) is 29.9 Å². The number of nitrogens with one attached hydrogen (secondary N) is 2. The van der Waals surface area contributed by atoms with Gasteiger partial charge in [-0.15, -0.1) is 0 Å². The Labute approximate surface area is 221 Å². The number of halogens is 1. The van der Waals surface area contributed by atoms with E-state index in [2.05, 4.69) is 60.5 Å². The molecule has 36 heavy (non-hydrogen) atoms. The van der Waals surface area contributed by atoms with E-state index in [1.165, 1.54) is 32.1 Å². The number of piperidine rings is 1. The second kappa shape index (κ2) is 11.5. The third kappa shape index (κ3) is 5.64. The molecule has 5 rings (SSSR count). The molecule has 2 N–H and O–H groups in total. The average Bonchev–Trinajstić information content (AvgIpc) is 2.93. The van der Waals surface area contributed by atoms with Crippen LogP contribution in [-0.4, -0.2) is 46.5 Å². The number of fused-ring (bicyclic) bond motifs is 1. The van der Waals surface area contributed by atoms with Gasteiger partial charge >= 0.3 is 0 Å². The number of hydrogen-bond acceptors (Lipinski definition) is 6. The lowest BCUT2D eigenvalue weighted by molar-refractivity contribution is -0.125. The number of anilines is 2. The van der Waals surface area contributed by atoms with Gasteiger partial charge in [-0.1, -0.05) is 26.2 Å². The summed E-state index contributed by atoms with van der Waals surface area (Å²) >= 11 is 3.72. The molecule has 2 fully saturated rings. The summed E-state index contributed by atoms with van der Waals surface area (Å²) in [5.74, 6) is 2.12. The van der Waals surface area contributed by atoms with Gasteiger partial charge in [0.15, 0.2) is 0 Å². The molecule has 190 valence electrons. The summed E-state index contributed by atoms with van der Waals surface area (Å²) in [5, 5.41) is 8.85. The van der Waals surface area contributed by atoms with Crippen molar-refractivity contribution in [3.63, 3.8) is 0 Å². The highest BCUT2D eigenvalue weighted by Crippen LogP contribution is 2.35. The van der Waals surface area contributed by atoms with Crippen molar-refractivity contribution in [1.82, 2.24) is 20.3 Å². The third-order valence-electron chi connectivity index (χ3n) is 7.41. The molecule has 0 atom stereocenters. The molecule has 1 saturated carbocycles. The van der Waals surface area contributed by atoms with Gasteiger partial charge in [0, 0.05) is 71.0 Å². The van der Waals surface area contributed by atoms with Gasteiger partial charge in [-0.3, -0.25) is 9.78 Å². The fourth-order valence-corrected chi connectivity index (χ4v) is 5.79. The maximum Gasteiger partial charge on any atom is 0.223 e. The first-order chi connectivity index (χ1) is 17.6. The highest BCUT2D eigenvalue weighted by Gasteiger charge is 2.27. The number of rotatable bonds is 7. The van der Waals surface area contributed by atoms with Crippen molar-refractivity contribution >= 4 is 44.2 Å². The molecule has 0 bridgehead atoms. The molecule has 1 saturated heterocycles. The van der Waals surface area contributed by atoms with Crippen molar-refractivity contribution in [1.29, 1.82) is 0 Å². The van der Waals surface area contributed by atoms with Crippen LogP contribution in [0.3, 0.4) is 0 Å². The molecule has 3 aromatic heterocycles. The quantitative estimate of drug-likeness (QED) is 0.378. The van der Waals surface area contributed by atoms with Crippen molar-refractivity contribution in [3.8, 4) is 11.3 Å². The lowest BCUT2D eigenvalue weighted by atomic mass is 9.95. The van der Waals surface area contributed by atoms with Crippen LogP contribution in [0.5, 0.6) is 0 Å². The minimum absolute atomic E-state index is 0.0756. The van der Waals surface area contributed by atoms with E-state index in [0.717, 1.165) is 77.0 Å². The molecule has 8 heteroatoms. The normalized spacial score (nSPS) is 17.3. The topological polar surface area (TPSA) is 83.0 Å². The van der Waals surface area contributed by atoms with Crippen molar-refractivity contribution in [2.45, 2.75) is 64.3 Å². The fourth-order valence-electron chi connectivity index (χ4n) is 5.37. The number of hydrogen-bond donors (Lipinski definition) is 2. The number of carbonyl (C=O) groups is 1. The Bertz CT molecular complexity index is 1200. The predicted molar refractivity (Wildman–Crippen MR) is 149 cm³/mol. The van der Waals surface area contributed by atoms with Crippen LogP contribution >= 0.6 is 15.9 Å². The molecule has 0 spiro atoms. The SMILES string of the molecule is CCCNC(=O)C1CCN(c2nc(-c3cc(NC4CCCCC4)ncc3Br)cc3cnccc23)CC1. The van der Waals surface area contributed by atoms with Gasteiger partial charge in [0.1, 0.15) is 11.6 Å². The minimum Gasteiger partial charge on any atom is -0.367 e. The minimum atomic E-state index is 0.0756. The van der Waals surface area contributed by atoms with Crippen LogP contribution in [0.25, 0.3) is 22.0 Å². The Kier molecular flexibility index (Phi) is 7.99. The summed E-state index contributed by atoms with van der Waals surface area (Å²) in [6, 6.07) is 6.75.